The highest BCUT2D eigenvalue weighted by atomic mass is 35.5. The van der Waals surface area contributed by atoms with Gasteiger partial charge in [0.05, 0.1) is 21.4 Å². The Bertz CT molecular complexity index is 1080. The maximum Gasteiger partial charge on any atom is 0.321 e. The van der Waals surface area contributed by atoms with Gasteiger partial charge >= 0.3 is 6.03 Å². The van der Waals surface area contributed by atoms with Gasteiger partial charge in [-0.25, -0.2) is 9.78 Å². The van der Waals surface area contributed by atoms with Crippen LogP contribution in [-0.4, -0.2) is 40.6 Å². The SMILES string of the molecule is Cc1noc(C)c1C(=O)N(C)CCc1csc(NC(=O)NCc2ccc(Cl)c(Cl)c2)n1. The van der Waals surface area contributed by atoms with E-state index in [-0.39, 0.29) is 11.9 Å². The number of hydrogen-bond acceptors (Lipinski definition) is 6. The van der Waals surface area contributed by atoms with Crippen LogP contribution in [0, 0.1) is 13.8 Å². The number of rotatable bonds is 7. The zero-order chi connectivity index (χ0) is 22.5. The van der Waals surface area contributed by atoms with Gasteiger partial charge in [0.15, 0.2) is 5.13 Å². The van der Waals surface area contributed by atoms with Crippen LogP contribution in [0.2, 0.25) is 10.0 Å². The predicted octanol–water partition coefficient (Wildman–Crippen LogP) is 4.69. The fourth-order valence-electron chi connectivity index (χ4n) is 2.82. The molecule has 31 heavy (non-hydrogen) atoms. The number of anilines is 1. The average Bonchev–Trinajstić information content (AvgIpc) is 3.32. The second-order valence-electron chi connectivity index (χ2n) is 6.88. The molecule has 0 spiro atoms. The Morgan fingerprint density at radius 3 is 2.68 bits per heavy atom. The van der Waals surface area contributed by atoms with E-state index in [0.29, 0.717) is 51.7 Å². The summed E-state index contributed by atoms with van der Waals surface area (Å²) in [5.74, 6) is 0.355. The van der Waals surface area contributed by atoms with Crippen molar-refractivity contribution >= 4 is 51.6 Å². The van der Waals surface area contributed by atoms with E-state index in [1.54, 1.807) is 44.0 Å². The average molecular weight is 482 g/mol. The maximum absolute atomic E-state index is 12.6. The first-order valence-electron chi connectivity index (χ1n) is 9.36. The molecule has 0 saturated carbocycles. The first-order chi connectivity index (χ1) is 14.7. The molecular weight excluding hydrogens is 461 g/mol. The molecule has 0 aliphatic heterocycles. The van der Waals surface area contributed by atoms with Crippen LogP contribution in [0.5, 0.6) is 0 Å². The van der Waals surface area contributed by atoms with Crippen LogP contribution in [0.25, 0.3) is 0 Å². The smallest absolute Gasteiger partial charge is 0.321 e. The van der Waals surface area contributed by atoms with Gasteiger partial charge in [0, 0.05) is 31.9 Å². The number of likely N-dealkylation sites (N-methyl/N-ethyl adjacent to an activating group) is 1. The molecule has 0 aliphatic rings. The van der Waals surface area contributed by atoms with E-state index in [1.807, 2.05) is 5.38 Å². The van der Waals surface area contributed by atoms with E-state index in [0.717, 1.165) is 11.3 Å². The maximum atomic E-state index is 12.6. The number of thiazole rings is 1. The molecule has 0 radical (unpaired) electrons. The highest BCUT2D eigenvalue weighted by Gasteiger charge is 2.21. The molecule has 2 N–H and O–H groups in total. The van der Waals surface area contributed by atoms with Gasteiger partial charge < -0.3 is 14.7 Å². The summed E-state index contributed by atoms with van der Waals surface area (Å²) in [4.78, 5) is 30.7. The largest absolute Gasteiger partial charge is 0.361 e. The molecule has 8 nitrogen and oxygen atoms in total. The third kappa shape index (κ3) is 5.96. The zero-order valence-corrected chi connectivity index (χ0v) is 19.5. The molecule has 2 aromatic heterocycles. The number of benzene rings is 1. The van der Waals surface area contributed by atoms with Crippen LogP contribution in [0.3, 0.4) is 0 Å². The Hall–Kier alpha value is -2.62. The van der Waals surface area contributed by atoms with Gasteiger partial charge in [-0.05, 0) is 31.5 Å². The van der Waals surface area contributed by atoms with Crippen molar-refractivity contribution in [2.75, 3.05) is 18.9 Å². The normalized spacial score (nSPS) is 10.7. The lowest BCUT2D eigenvalue weighted by Gasteiger charge is -2.16. The lowest BCUT2D eigenvalue weighted by molar-refractivity contribution is 0.0794. The number of aryl methyl sites for hydroxylation is 2. The standard InChI is InChI=1S/C20H21Cl2N5O3S/c1-11-17(12(2)30-26-11)18(28)27(3)7-6-14-10-31-20(24-14)25-19(29)23-9-13-4-5-15(21)16(22)8-13/h4-5,8,10H,6-7,9H2,1-3H3,(H2,23,24,25,29). The lowest BCUT2D eigenvalue weighted by Crippen LogP contribution is -2.29. The van der Waals surface area contributed by atoms with E-state index in [9.17, 15) is 9.59 Å². The molecule has 0 aliphatic carbocycles. The molecule has 11 heteroatoms. The van der Waals surface area contributed by atoms with Crippen molar-refractivity contribution in [2.24, 2.45) is 0 Å². The summed E-state index contributed by atoms with van der Waals surface area (Å²) in [6.07, 6.45) is 0.550. The predicted molar refractivity (Wildman–Crippen MR) is 121 cm³/mol. The van der Waals surface area contributed by atoms with Gasteiger partial charge in [-0.1, -0.05) is 34.4 Å². The van der Waals surface area contributed by atoms with Crippen molar-refractivity contribution < 1.29 is 14.1 Å². The second kappa shape index (κ2) is 10.1. The zero-order valence-electron chi connectivity index (χ0n) is 17.2. The van der Waals surface area contributed by atoms with E-state index in [2.05, 4.69) is 20.8 Å². The minimum absolute atomic E-state index is 0.147. The van der Waals surface area contributed by atoms with Crippen LogP contribution in [0.1, 0.15) is 33.1 Å². The summed E-state index contributed by atoms with van der Waals surface area (Å²) in [7, 11) is 1.72. The van der Waals surface area contributed by atoms with E-state index < -0.39 is 0 Å². The minimum Gasteiger partial charge on any atom is -0.361 e. The topological polar surface area (TPSA) is 100 Å². The molecule has 2 heterocycles. The molecule has 1 aromatic carbocycles. The summed E-state index contributed by atoms with van der Waals surface area (Å²) in [5, 5.41) is 12.5. The highest BCUT2D eigenvalue weighted by Crippen LogP contribution is 2.22. The van der Waals surface area contributed by atoms with Gasteiger partial charge in [-0.2, -0.15) is 0 Å². The van der Waals surface area contributed by atoms with Gasteiger partial charge in [-0.15, -0.1) is 11.3 Å². The Balaban J connectivity index is 1.47. The molecule has 3 amide bonds. The molecule has 3 aromatic rings. The summed E-state index contributed by atoms with van der Waals surface area (Å²) < 4.78 is 5.06. The third-order valence-corrected chi connectivity index (χ3v) is 6.05. The first-order valence-corrected chi connectivity index (χ1v) is 11.0. The summed E-state index contributed by atoms with van der Waals surface area (Å²) in [5.41, 5.74) is 2.67. The van der Waals surface area contributed by atoms with E-state index in [4.69, 9.17) is 27.7 Å². The third-order valence-electron chi connectivity index (χ3n) is 4.51. The molecule has 0 saturated heterocycles. The fourth-order valence-corrected chi connectivity index (χ4v) is 3.88. The van der Waals surface area contributed by atoms with Crippen molar-refractivity contribution in [1.29, 1.82) is 0 Å². The van der Waals surface area contributed by atoms with Crippen LogP contribution in [0.4, 0.5) is 9.93 Å². The Morgan fingerprint density at radius 2 is 2.00 bits per heavy atom. The number of halogens is 2. The number of carbonyl (C=O) groups excluding carboxylic acids is 2. The van der Waals surface area contributed by atoms with Crippen LogP contribution in [-0.2, 0) is 13.0 Å². The number of aromatic nitrogens is 2. The highest BCUT2D eigenvalue weighted by molar-refractivity contribution is 7.13. The van der Waals surface area contributed by atoms with Crippen molar-refractivity contribution in [3.05, 3.63) is 61.9 Å². The van der Waals surface area contributed by atoms with Gasteiger partial charge in [-0.3, -0.25) is 10.1 Å². The molecule has 3 rings (SSSR count). The van der Waals surface area contributed by atoms with Crippen molar-refractivity contribution in [1.82, 2.24) is 20.4 Å². The van der Waals surface area contributed by atoms with E-state index in [1.165, 1.54) is 11.3 Å². The molecule has 0 atom stereocenters. The number of nitrogens with one attached hydrogen (secondary N) is 2. The second-order valence-corrected chi connectivity index (χ2v) is 8.55. The number of amides is 3. The van der Waals surface area contributed by atoms with Crippen molar-refractivity contribution in [3.63, 3.8) is 0 Å². The Morgan fingerprint density at radius 1 is 1.23 bits per heavy atom. The Labute approximate surface area is 193 Å². The van der Waals surface area contributed by atoms with Crippen LogP contribution >= 0.6 is 34.5 Å². The van der Waals surface area contributed by atoms with Gasteiger partial charge in [0.2, 0.25) is 0 Å². The van der Waals surface area contributed by atoms with Crippen LogP contribution in [0.15, 0.2) is 28.1 Å². The number of urea groups is 1. The first kappa shape index (κ1) is 23.1. The molecular formula is C20H21Cl2N5O3S. The number of carbonyl (C=O) groups is 2. The Kier molecular flexibility index (Phi) is 7.53. The summed E-state index contributed by atoms with van der Waals surface area (Å²) in [6, 6.07) is 4.79. The van der Waals surface area contributed by atoms with Crippen molar-refractivity contribution in [2.45, 2.75) is 26.8 Å². The molecule has 0 bridgehead atoms. The van der Waals surface area contributed by atoms with Crippen LogP contribution < -0.4 is 10.6 Å². The quantitative estimate of drug-likeness (QED) is 0.509. The summed E-state index contributed by atoms with van der Waals surface area (Å²) in [6.45, 7) is 4.22. The minimum atomic E-state index is -0.377. The van der Waals surface area contributed by atoms with E-state index >= 15 is 0 Å². The van der Waals surface area contributed by atoms with Gasteiger partial charge in [0.1, 0.15) is 11.3 Å². The van der Waals surface area contributed by atoms with Gasteiger partial charge in [0.25, 0.3) is 5.91 Å². The number of nitrogens with zero attached hydrogens (tertiary/aromatic N) is 3. The number of hydrogen-bond donors (Lipinski definition) is 2. The molecule has 0 fully saturated rings. The summed E-state index contributed by atoms with van der Waals surface area (Å²) >= 11 is 13.2. The molecule has 0 unspecified atom stereocenters. The fraction of sp³-hybridized carbons (Fsp3) is 0.300. The van der Waals surface area contributed by atoms with Crippen molar-refractivity contribution in [3.8, 4) is 0 Å². The molecule has 164 valence electrons. The monoisotopic (exact) mass is 481 g/mol. The lowest BCUT2D eigenvalue weighted by atomic mass is 10.2.